The van der Waals surface area contributed by atoms with Crippen molar-refractivity contribution in [2.45, 2.75) is 63.8 Å². The molecule has 2 aliphatic rings. The second-order valence-corrected chi connectivity index (χ2v) is 7.82. The number of hydrogen-bond acceptors (Lipinski definition) is 5. The third-order valence-corrected chi connectivity index (χ3v) is 5.71. The Hall–Kier alpha value is -2.30. The molecule has 0 bridgehead atoms. The molecule has 1 aliphatic heterocycles. The van der Waals surface area contributed by atoms with Crippen molar-refractivity contribution < 1.29 is 0 Å². The summed E-state index contributed by atoms with van der Waals surface area (Å²) in [5.41, 5.74) is 2.34. The van der Waals surface area contributed by atoms with Gasteiger partial charge in [0.15, 0.2) is 0 Å². The van der Waals surface area contributed by atoms with E-state index in [0.29, 0.717) is 12.0 Å². The summed E-state index contributed by atoms with van der Waals surface area (Å²) in [5.74, 6) is 1.57. The molecule has 0 atom stereocenters. The first-order valence-electron chi connectivity index (χ1n) is 10.6. The van der Waals surface area contributed by atoms with Crippen LogP contribution in [0.25, 0.3) is 0 Å². The largest absolute Gasteiger partial charge is 0.372 e. The van der Waals surface area contributed by atoms with E-state index >= 15 is 0 Å². The van der Waals surface area contributed by atoms with Crippen LogP contribution in [0.15, 0.2) is 36.5 Å². The van der Waals surface area contributed by atoms with Crippen molar-refractivity contribution in [3.05, 3.63) is 36.5 Å². The van der Waals surface area contributed by atoms with Gasteiger partial charge in [-0.05, 0) is 62.4 Å². The molecule has 5 nitrogen and oxygen atoms in total. The van der Waals surface area contributed by atoms with E-state index in [1.165, 1.54) is 76.6 Å². The molecule has 27 heavy (non-hydrogen) atoms. The lowest BCUT2D eigenvalue weighted by molar-refractivity contribution is 0.578. The van der Waals surface area contributed by atoms with Crippen molar-refractivity contribution >= 4 is 23.1 Å². The van der Waals surface area contributed by atoms with Gasteiger partial charge >= 0.3 is 0 Å². The number of benzene rings is 1. The van der Waals surface area contributed by atoms with Crippen molar-refractivity contribution in [2.75, 3.05) is 28.6 Å². The molecule has 1 saturated carbocycles. The topological polar surface area (TPSA) is 53.1 Å². The minimum absolute atomic E-state index is 0.541. The monoisotopic (exact) mass is 365 g/mol. The highest BCUT2D eigenvalue weighted by Crippen LogP contribution is 2.24. The Morgan fingerprint density at radius 2 is 1.52 bits per heavy atom. The Morgan fingerprint density at radius 3 is 2.26 bits per heavy atom. The molecule has 1 aromatic carbocycles. The zero-order valence-corrected chi connectivity index (χ0v) is 16.2. The Labute approximate surface area is 162 Å². The quantitative estimate of drug-likeness (QED) is 0.700. The van der Waals surface area contributed by atoms with Gasteiger partial charge in [0.1, 0.15) is 5.82 Å². The van der Waals surface area contributed by atoms with Crippen LogP contribution in [0.2, 0.25) is 0 Å². The number of rotatable bonds is 5. The van der Waals surface area contributed by atoms with Gasteiger partial charge in [-0.2, -0.15) is 4.98 Å². The zero-order valence-electron chi connectivity index (χ0n) is 16.2. The molecule has 5 heteroatoms. The minimum atomic E-state index is 0.541. The summed E-state index contributed by atoms with van der Waals surface area (Å²) in [7, 11) is 0. The van der Waals surface area contributed by atoms with Crippen molar-refractivity contribution in [3.63, 3.8) is 0 Å². The summed E-state index contributed by atoms with van der Waals surface area (Å²) in [6.07, 6.45) is 13.6. The van der Waals surface area contributed by atoms with Crippen LogP contribution in [0.4, 0.5) is 23.1 Å². The lowest BCUT2D eigenvalue weighted by Crippen LogP contribution is -2.29. The molecule has 1 aromatic heterocycles. The van der Waals surface area contributed by atoms with E-state index in [4.69, 9.17) is 0 Å². The Bertz CT molecular complexity index is 701. The minimum Gasteiger partial charge on any atom is -0.372 e. The van der Waals surface area contributed by atoms with Gasteiger partial charge in [0.2, 0.25) is 5.95 Å². The maximum Gasteiger partial charge on any atom is 0.229 e. The first-order chi connectivity index (χ1) is 13.4. The smallest absolute Gasteiger partial charge is 0.229 e. The van der Waals surface area contributed by atoms with E-state index in [0.717, 1.165) is 11.5 Å². The fraction of sp³-hybridized carbons (Fsp3) is 0.545. The van der Waals surface area contributed by atoms with Crippen molar-refractivity contribution in [3.8, 4) is 0 Å². The molecule has 0 spiro atoms. The summed E-state index contributed by atoms with van der Waals surface area (Å²) in [6, 6.07) is 11.1. The second-order valence-electron chi connectivity index (χ2n) is 7.82. The predicted octanol–water partition coefficient (Wildman–Crippen LogP) is 5.35. The molecule has 2 aromatic rings. The van der Waals surface area contributed by atoms with Gasteiger partial charge in [-0.25, -0.2) is 4.98 Å². The van der Waals surface area contributed by atoms with Gasteiger partial charge in [-0.3, -0.25) is 0 Å². The van der Waals surface area contributed by atoms with Crippen molar-refractivity contribution in [1.82, 2.24) is 9.97 Å². The maximum atomic E-state index is 4.66. The number of anilines is 4. The van der Waals surface area contributed by atoms with E-state index in [-0.39, 0.29) is 0 Å². The summed E-state index contributed by atoms with van der Waals surface area (Å²) >= 11 is 0. The zero-order chi connectivity index (χ0) is 18.3. The number of hydrogen-bond donors (Lipinski definition) is 2. The van der Waals surface area contributed by atoms with Gasteiger partial charge in [0.25, 0.3) is 0 Å². The molecule has 2 fully saturated rings. The first kappa shape index (κ1) is 18.1. The van der Waals surface area contributed by atoms with Gasteiger partial charge in [0, 0.05) is 36.7 Å². The van der Waals surface area contributed by atoms with Crippen LogP contribution >= 0.6 is 0 Å². The average Bonchev–Trinajstić information content (AvgIpc) is 2.98. The molecule has 2 N–H and O–H groups in total. The van der Waals surface area contributed by atoms with Crippen LogP contribution in [0, 0.1) is 0 Å². The first-order valence-corrected chi connectivity index (χ1v) is 10.6. The molecule has 1 saturated heterocycles. The molecular weight excluding hydrogens is 334 g/mol. The van der Waals surface area contributed by atoms with Gasteiger partial charge in [-0.1, -0.05) is 25.7 Å². The number of nitrogens with one attached hydrogen (secondary N) is 2. The van der Waals surface area contributed by atoms with Crippen LogP contribution in [0.3, 0.4) is 0 Å². The number of aromatic nitrogens is 2. The highest BCUT2D eigenvalue weighted by atomic mass is 15.2. The Kier molecular flexibility index (Phi) is 6.07. The van der Waals surface area contributed by atoms with E-state index in [9.17, 15) is 0 Å². The van der Waals surface area contributed by atoms with Gasteiger partial charge < -0.3 is 15.5 Å². The lowest BCUT2D eigenvalue weighted by Gasteiger charge is -2.28. The van der Waals surface area contributed by atoms with Gasteiger partial charge in [-0.15, -0.1) is 0 Å². The fourth-order valence-corrected chi connectivity index (χ4v) is 4.17. The van der Waals surface area contributed by atoms with Crippen LogP contribution in [0.1, 0.15) is 57.8 Å². The van der Waals surface area contributed by atoms with Crippen LogP contribution in [-0.4, -0.2) is 29.1 Å². The molecule has 0 unspecified atom stereocenters. The normalized spacial score (nSPS) is 18.7. The molecule has 4 rings (SSSR count). The van der Waals surface area contributed by atoms with E-state index < -0.39 is 0 Å². The second kappa shape index (κ2) is 9.07. The maximum absolute atomic E-state index is 4.66. The summed E-state index contributed by atoms with van der Waals surface area (Å²) in [4.78, 5) is 11.5. The number of nitrogens with zero attached hydrogens (tertiary/aromatic N) is 3. The number of piperidine rings is 1. The van der Waals surface area contributed by atoms with Crippen LogP contribution in [-0.2, 0) is 0 Å². The van der Waals surface area contributed by atoms with E-state index in [1.54, 1.807) is 0 Å². The SMILES string of the molecule is c1cc(NC2CCCCCC2)nc(Nc2ccc(N3CCCCC3)cc2)n1. The van der Waals surface area contributed by atoms with Crippen LogP contribution < -0.4 is 15.5 Å². The van der Waals surface area contributed by atoms with Gasteiger partial charge in [0.05, 0.1) is 0 Å². The summed E-state index contributed by atoms with van der Waals surface area (Å²) in [6.45, 7) is 2.34. The molecule has 0 radical (unpaired) electrons. The molecule has 2 heterocycles. The third kappa shape index (κ3) is 5.12. The lowest BCUT2D eigenvalue weighted by atomic mass is 10.1. The molecule has 0 amide bonds. The highest BCUT2D eigenvalue weighted by molar-refractivity contribution is 5.60. The predicted molar refractivity (Wildman–Crippen MR) is 113 cm³/mol. The summed E-state index contributed by atoms with van der Waals surface area (Å²) in [5, 5.41) is 6.94. The van der Waals surface area contributed by atoms with E-state index in [1.807, 2.05) is 12.3 Å². The third-order valence-electron chi connectivity index (χ3n) is 5.71. The molecule has 1 aliphatic carbocycles. The molecular formula is C22H31N5. The van der Waals surface area contributed by atoms with Crippen molar-refractivity contribution in [1.29, 1.82) is 0 Å². The summed E-state index contributed by atoms with van der Waals surface area (Å²) < 4.78 is 0. The Balaban J connectivity index is 1.37. The van der Waals surface area contributed by atoms with E-state index in [2.05, 4.69) is 49.8 Å². The molecule has 144 valence electrons. The fourth-order valence-electron chi connectivity index (χ4n) is 4.17. The van der Waals surface area contributed by atoms with Crippen LogP contribution in [0.5, 0.6) is 0 Å². The standard InChI is InChI=1S/C22H31N5/c1-2-5-9-18(8-4-1)24-21-14-15-23-22(26-21)25-19-10-12-20(13-11-19)27-16-6-3-7-17-27/h10-15,18H,1-9,16-17H2,(H2,23,24,25,26). The Morgan fingerprint density at radius 1 is 0.815 bits per heavy atom. The average molecular weight is 366 g/mol. The highest BCUT2D eigenvalue weighted by Gasteiger charge is 2.13. The van der Waals surface area contributed by atoms with Crippen molar-refractivity contribution in [2.24, 2.45) is 0 Å².